The average Bonchev–Trinajstić information content (AvgIpc) is 2.77. The van der Waals surface area contributed by atoms with Gasteiger partial charge in [-0.05, 0) is 37.8 Å². The number of methoxy groups -OCH3 is 3. The van der Waals surface area contributed by atoms with E-state index in [1.165, 1.54) is 45.3 Å². The van der Waals surface area contributed by atoms with Crippen molar-refractivity contribution in [2.75, 3.05) is 27.9 Å². The highest BCUT2D eigenvalue weighted by Crippen LogP contribution is 2.38. The van der Waals surface area contributed by atoms with E-state index < -0.39 is 0 Å². The molecular formula is C22H34N2O5. The molecule has 0 aromatic heterocycles. The highest BCUT2D eigenvalue weighted by Gasteiger charge is 2.19. The van der Waals surface area contributed by atoms with E-state index >= 15 is 0 Å². The van der Waals surface area contributed by atoms with Crippen molar-refractivity contribution in [3.05, 3.63) is 22.9 Å². The zero-order chi connectivity index (χ0) is 21.1. The number of ether oxygens (including phenoxy) is 3. The summed E-state index contributed by atoms with van der Waals surface area (Å²) in [7, 11) is 4.57. The molecule has 2 rings (SSSR count). The summed E-state index contributed by atoms with van der Waals surface area (Å²) in [5.41, 5.74) is 0.460. The second-order valence-electron chi connectivity index (χ2n) is 7.35. The second kappa shape index (κ2) is 12.2. The highest BCUT2D eigenvalue weighted by atomic mass is 16.5. The van der Waals surface area contributed by atoms with Gasteiger partial charge in [0.2, 0.25) is 5.75 Å². The third-order valence-electron chi connectivity index (χ3n) is 5.34. The Hall–Kier alpha value is -2.44. The van der Waals surface area contributed by atoms with Crippen molar-refractivity contribution in [3.63, 3.8) is 0 Å². The number of carbonyl (C=O) groups excluding carboxylic acids is 1. The standard InChI is InChI=1S/C22H34N2O5/c1-27-19-15-17(16-20(28-2)21(19)29-3)22(25)23-13-9-4-5-10-14-24(26)18-11-7-6-8-12-18/h14-16,18H,4-13H2,1-3H3,(H,23,25)/b24-14-. The molecule has 1 fully saturated rings. The van der Waals surface area contributed by atoms with Crippen molar-refractivity contribution in [2.24, 2.45) is 0 Å². The van der Waals surface area contributed by atoms with Crippen molar-refractivity contribution < 1.29 is 23.7 Å². The van der Waals surface area contributed by atoms with Gasteiger partial charge in [-0.3, -0.25) is 4.79 Å². The van der Waals surface area contributed by atoms with Crippen LogP contribution in [0, 0.1) is 5.21 Å². The molecule has 1 aliphatic carbocycles. The largest absolute Gasteiger partial charge is 0.624 e. The quantitative estimate of drug-likeness (QED) is 0.198. The molecule has 0 heterocycles. The monoisotopic (exact) mass is 406 g/mol. The first-order chi connectivity index (χ1) is 14.1. The molecule has 0 spiro atoms. The lowest BCUT2D eigenvalue weighted by atomic mass is 9.96. The van der Waals surface area contributed by atoms with Gasteiger partial charge in [0.25, 0.3) is 5.91 Å². The van der Waals surface area contributed by atoms with Gasteiger partial charge >= 0.3 is 0 Å². The van der Waals surface area contributed by atoms with Crippen LogP contribution in [0.2, 0.25) is 0 Å². The summed E-state index contributed by atoms with van der Waals surface area (Å²) in [6.45, 7) is 0.583. The number of carbonyl (C=O) groups is 1. The van der Waals surface area contributed by atoms with Crippen LogP contribution < -0.4 is 19.5 Å². The van der Waals surface area contributed by atoms with Crippen LogP contribution in [0.25, 0.3) is 0 Å². The topological polar surface area (TPSA) is 82.9 Å². The molecule has 0 bridgehead atoms. The molecule has 162 valence electrons. The molecule has 0 radical (unpaired) electrons. The fourth-order valence-corrected chi connectivity index (χ4v) is 3.67. The van der Waals surface area contributed by atoms with Gasteiger partial charge < -0.3 is 24.7 Å². The Morgan fingerprint density at radius 1 is 1.07 bits per heavy atom. The van der Waals surface area contributed by atoms with Crippen LogP contribution in [0.15, 0.2) is 12.1 Å². The number of hydrogen-bond acceptors (Lipinski definition) is 5. The van der Waals surface area contributed by atoms with Gasteiger partial charge in [-0.1, -0.05) is 12.8 Å². The highest BCUT2D eigenvalue weighted by molar-refractivity contribution is 5.95. The van der Waals surface area contributed by atoms with E-state index in [-0.39, 0.29) is 11.9 Å². The van der Waals surface area contributed by atoms with E-state index in [0.29, 0.717) is 29.4 Å². The molecule has 0 unspecified atom stereocenters. The molecule has 29 heavy (non-hydrogen) atoms. The van der Waals surface area contributed by atoms with Gasteiger partial charge in [0.15, 0.2) is 23.8 Å². The number of nitrogens with one attached hydrogen (secondary N) is 1. The molecule has 1 aliphatic rings. The zero-order valence-corrected chi connectivity index (χ0v) is 17.9. The Bertz CT molecular complexity index is 659. The molecule has 1 N–H and O–H groups in total. The molecule has 7 heteroatoms. The van der Waals surface area contributed by atoms with Crippen LogP contribution in [0.1, 0.15) is 68.1 Å². The van der Waals surface area contributed by atoms with Gasteiger partial charge in [-0.2, -0.15) is 0 Å². The zero-order valence-electron chi connectivity index (χ0n) is 17.9. The summed E-state index contributed by atoms with van der Waals surface area (Å²) in [6, 6.07) is 3.46. The number of hydrogen-bond donors (Lipinski definition) is 1. The Kier molecular flexibility index (Phi) is 9.60. The van der Waals surface area contributed by atoms with E-state index in [1.807, 2.05) is 0 Å². The molecule has 0 saturated heterocycles. The van der Waals surface area contributed by atoms with Gasteiger partial charge in [0.1, 0.15) is 0 Å². The van der Waals surface area contributed by atoms with Gasteiger partial charge in [0, 0.05) is 31.4 Å². The van der Waals surface area contributed by atoms with Crippen LogP contribution in [-0.2, 0) is 0 Å². The number of benzene rings is 1. The first-order valence-electron chi connectivity index (χ1n) is 10.5. The number of unbranched alkanes of at least 4 members (excludes halogenated alkanes) is 3. The Morgan fingerprint density at radius 3 is 2.31 bits per heavy atom. The lowest BCUT2D eigenvalue weighted by molar-refractivity contribution is -0.502. The Labute approximate surface area is 173 Å². The summed E-state index contributed by atoms with van der Waals surface area (Å²) < 4.78 is 17.0. The number of hydroxylamine groups is 1. The van der Waals surface area contributed by atoms with Crippen LogP contribution in [0.4, 0.5) is 0 Å². The Balaban J connectivity index is 1.72. The van der Waals surface area contributed by atoms with Crippen molar-refractivity contribution in [1.82, 2.24) is 5.32 Å². The van der Waals surface area contributed by atoms with Crippen molar-refractivity contribution in [2.45, 2.75) is 63.8 Å². The van der Waals surface area contributed by atoms with Crippen LogP contribution in [0.5, 0.6) is 17.2 Å². The van der Waals surface area contributed by atoms with E-state index in [0.717, 1.165) is 38.5 Å². The number of rotatable bonds is 11. The predicted molar refractivity (Wildman–Crippen MR) is 113 cm³/mol. The molecule has 1 saturated carbocycles. The smallest absolute Gasteiger partial charge is 0.251 e. The summed E-state index contributed by atoms with van der Waals surface area (Å²) in [4.78, 5) is 12.4. The van der Waals surface area contributed by atoms with Crippen LogP contribution in [-0.4, -0.2) is 50.8 Å². The minimum atomic E-state index is -0.182. The fourth-order valence-electron chi connectivity index (χ4n) is 3.67. The number of nitrogens with zero attached hydrogens (tertiary/aromatic N) is 1. The molecule has 1 aromatic carbocycles. The van der Waals surface area contributed by atoms with E-state index in [4.69, 9.17) is 14.2 Å². The maximum Gasteiger partial charge on any atom is 0.251 e. The van der Waals surface area contributed by atoms with E-state index in [1.54, 1.807) is 18.3 Å². The molecule has 0 aliphatic heterocycles. The summed E-state index contributed by atoms with van der Waals surface area (Å²) in [6.07, 6.45) is 11.0. The maximum absolute atomic E-state index is 12.4. The Morgan fingerprint density at radius 2 is 1.72 bits per heavy atom. The maximum atomic E-state index is 12.4. The lowest BCUT2D eigenvalue weighted by Gasteiger charge is -2.20. The normalized spacial score (nSPS) is 15.1. The van der Waals surface area contributed by atoms with Gasteiger partial charge in [0.05, 0.1) is 21.3 Å². The van der Waals surface area contributed by atoms with Crippen LogP contribution in [0.3, 0.4) is 0 Å². The fraction of sp³-hybridized carbons (Fsp3) is 0.636. The summed E-state index contributed by atoms with van der Waals surface area (Å²) >= 11 is 0. The van der Waals surface area contributed by atoms with Crippen molar-refractivity contribution >= 4 is 12.1 Å². The average molecular weight is 407 g/mol. The molecule has 1 amide bonds. The second-order valence-corrected chi connectivity index (χ2v) is 7.35. The lowest BCUT2D eigenvalue weighted by Crippen LogP contribution is -2.25. The van der Waals surface area contributed by atoms with Crippen molar-refractivity contribution in [3.8, 4) is 17.2 Å². The van der Waals surface area contributed by atoms with E-state index in [9.17, 15) is 10.0 Å². The van der Waals surface area contributed by atoms with Crippen molar-refractivity contribution in [1.29, 1.82) is 0 Å². The summed E-state index contributed by atoms with van der Waals surface area (Å²) in [5, 5.41) is 15.0. The van der Waals surface area contributed by atoms with E-state index in [2.05, 4.69) is 5.32 Å². The van der Waals surface area contributed by atoms with Gasteiger partial charge in [-0.25, -0.2) is 4.74 Å². The molecule has 1 aromatic rings. The molecular weight excluding hydrogens is 372 g/mol. The third-order valence-corrected chi connectivity index (χ3v) is 5.34. The first-order valence-corrected chi connectivity index (χ1v) is 10.5. The SMILES string of the molecule is COc1cc(C(=O)NCCCCC/C=[N+](\[O-])C2CCCCC2)cc(OC)c1OC. The molecule has 0 atom stereocenters. The molecule has 7 nitrogen and oxygen atoms in total. The predicted octanol–water partition coefficient (Wildman–Crippen LogP) is 3.92. The van der Waals surface area contributed by atoms with Gasteiger partial charge in [-0.15, -0.1) is 0 Å². The third kappa shape index (κ3) is 6.84. The number of amides is 1. The van der Waals surface area contributed by atoms with Crippen LogP contribution >= 0.6 is 0 Å². The first kappa shape index (κ1) is 22.8. The minimum Gasteiger partial charge on any atom is -0.624 e. The minimum absolute atomic E-state index is 0.182. The summed E-state index contributed by atoms with van der Waals surface area (Å²) in [5.74, 6) is 1.18.